The zero-order chi connectivity index (χ0) is 10.6. The Morgan fingerprint density at radius 2 is 1.93 bits per heavy atom. The van der Waals surface area contributed by atoms with Crippen molar-refractivity contribution in [1.82, 2.24) is 0 Å². The minimum Gasteiger partial charge on any atom is -0.381 e. The quantitative estimate of drug-likeness (QED) is 0.745. The van der Waals surface area contributed by atoms with Gasteiger partial charge in [-0.3, -0.25) is 0 Å². The predicted octanol–water partition coefficient (Wildman–Crippen LogP) is 1.16. The topological polar surface area (TPSA) is 44.5 Å². The Morgan fingerprint density at radius 3 is 2.60 bits per heavy atom. The highest BCUT2D eigenvalue weighted by Crippen LogP contribution is 2.56. The van der Waals surface area contributed by atoms with E-state index < -0.39 is 0 Å². The van der Waals surface area contributed by atoms with Gasteiger partial charge in [0.2, 0.25) is 0 Å². The third-order valence-electron chi connectivity index (χ3n) is 4.92. The molecule has 4 rings (SSSR count). The minimum absolute atomic E-state index is 0.0553. The van der Waals surface area contributed by atoms with Gasteiger partial charge in [0, 0.05) is 25.7 Å². The second-order valence-corrected chi connectivity index (χ2v) is 5.76. The normalized spacial score (nSPS) is 57.4. The Bertz CT molecular complexity index is 270. The van der Waals surface area contributed by atoms with Crippen molar-refractivity contribution in [3.05, 3.63) is 0 Å². The number of hydrogen-bond acceptors (Lipinski definition) is 3. The zero-order valence-electron chi connectivity index (χ0n) is 9.61. The first-order valence-electron chi connectivity index (χ1n) is 6.02. The monoisotopic (exact) mass is 211 g/mol. The molecule has 6 unspecified atom stereocenters. The van der Waals surface area contributed by atoms with E-state index in [1.54, 1.807) is 7.11 Å². The molecule has 0 radical (unpaired) electrons. The fraction of sp³-hybridized carbons (Fsp3) is 1.00. The predicted molar refractivity (Wildman–Crippen MR) is 57.5 cm³/mol. The smallest absolute Gasteiger partial charge is 0.0803 e. The maximum atomic E-state index is 6.51. The first-order valence-corrected chi connectivity index (χ1v) is 6.02. The molecule has 0 saturated heterocycles. The van der Waals surface area contributed by atoms with Crippen molar-refractivity contribution in [2.24, 2.45) is 23.5 Å². The van der Waals surface area contributed by atoms with Crippen LogP contribution >= 0.6 is 0 Å². The van der Waals surface area contributed by atoms with Crippen molar-refractivity contribution < 1.29 is 9.47 Å². The van der Waals surface area contributed by atoms with Crippen LogP contribution in [0.25, 0.3) is 0 Å². The van der Waals surface area contributed by atoms with Gasteiger partial charge in [-0.15, -0.1) is 0 Å². The number of hydrogen-bond donors (Lipinski definition) is 1. The van der Waals surface area contributed by atoms with Crippen molar-refractivity contribution in [3.63, 3.8) is 0 Å². The van der Waals surface area contributed by atoms with Crippen LogP contribution in [-0.2, 0) is 9.47 Å². The molecule has 4 aliphatic carbocycles. The minimum atomic E-state index is -0.0553. The molecule has 3 nitrogen and oxygen atoms in total. The van der Waals surface area contributed by atoms with E-state index in [2.05, 4.69) is 0 Å². The number of methoxy groups -OCH3 is 2. The Balaban J connectivity index is 1.94. The number of ether oxygens (including phenoxy) is 2. The van der Waals surface area contributed by atoms with E-state index in [4.69, 9.17) is 15.2 Å². The summed E-state index contributed by atoms with van der Waals surface area (Å²) in [5.41, 5.74) is 6.46. The molecule has 2 N–H and O–H groups in total. The Kier molecular flexibility index (Phi) is 2.14. The molecule has 0 aromatic heterocycles. The van der Waals surface area contributed by atoms with Crippen LogP contribution in [0.1, 0.15) is 25.7 Å². The highest BCUT2D eigenvalue weighted by molar-refractivity contribution is 5.14. The molecular formula is C12H21NO2. The molecule has 3 heteroatoms. The lowest BCUT2D eigenvalue weighted by molar-refractivity contribution is -0.190. The summed E-state index contributed by atoms with van der Waals surface area (Å²) < 4.78 is 11.3. The molecule has 0 amide bonds. The Hall–Kier alpha value is -0.120. The largest absolute Gasteiger partial charge is 0.381 e. The van der Waals surface area contributed by atoms with Crippen molar-refractivity contribution in [2.45, 2.75) is 43.4 Å². The van der Waals surface area contributed by atoms with Crippen LogP contribution < -0.4 is 5.73 Å². The van der Waals surface area contributed by atoms with E-state index in [1.807, 2.05) is 7.11 Å². The SMILES string of the molecule is COC1C2CC3CC1C(OC)C(N)(C3)C2. The van der Waals surface area contributed by atoms with Gasteiger partial charge in [-0.2, -0.15) is 0 Å². The van der Waals surface area contributed by atoms with E-state index in [0.29, 0.717) is 17.9 Å². The molecule has 0 heterocycles. The first-order chi connectivity index (χ1) is 7.18. The molecule has 0 aromatic rings. The van der Waals surface area contributed by atoms with Crippen molar-refractivity contribution >= 4 is 0 Å². The standard InChI is InChI=1S/C12H21NO2/c1-14-10-8-3-7-4-9(10)11(15-2)12(13,5-7)6-8/h7-11H,3-6,13H2,1-2H3. The summed E-state index contributed by atoms with van der Waals surface area (Å²) in [5, 5.41) is 0. The molecule has 0 aromatic carbocycles. The summed E-state index contributed by atoms with van der Waals surface area (Å²) in [7, 11) is 3.64. The van der Waals surface area contributed by atoms with Crippen LogP contribution in [0.15, 0.2) is 0 Å². The number of nitrogens with two attached hydrogens (primary N) is 1. The van der Waals surface area contributed by atoms with Crippen LogP contribution in [0, 0.1) is 17.8 Å². The molecule has 6 atom stereocenters. The number of rotatable bonds is 2. The average molecular weight is 211 g/mol. The van der Waals surface area contributed by atoms with Crippen LogP contribution in [0.4, 0.5) is 0 Å². The summed E-state index contributed by atoms with van der Waals surface area (Å²) in [6, 6.07) is 0. The van der Waals surface area contributed by atoms with Crippen LogP contribution in [0.3, 0.4) is 0 Å². The van der Waals surface area contributed by atoms with Crippen molar-refractivity contribution in [2.75, 3.05) is 14.2 Å². The van der Waals surface area contributed by atoms with E-state index in [0.717, 1.165) is 18.8 Å². The van der Waals surface area contributed by atoms with Gasteiger partial charge in [-0.25, -0.2) is 0 Å². The Labute approximate surface area is 91.3 Å². The van der Waals surface area contributed by atoms with Gasteiger partial charge >= 0.3 is 0 Å². The lowest BCUT2D eigenvalue weighted by atomic mass is 9.50. The average Bonchev–Trinajstić information content (AvgIpc) is 2.16. The Morgan fingerprint density at radius 1 is 1.13 bits per heavy atom. The van der Waals surface area contributed by atoms with Crippen LogP contribution in [0.5, 0.6) is 0 Å². The van der Waals surface area contributed by atoms with Crippen LogP contribution in [0.2, 0.25) is 0 Å². The van der Waals surface area contributed by atoms with E-state index >= 15 is 0 Å². The summed E-state index contributed by atoms with van der Waals surface area (Å²) in [6.07, 6.45) is 5.45. The second kappa shape index (κ2) is 3.19. The zero-order valence-corrected chi connectivity index (χ0v) is 9.61. The van der Waals surface area contributed by atoms with E-state index in [1.165, 1.54) is 12.8 Å². The van der Waals surface area contributed by atoms with Gasteiger partial charge in [0.1, 0.15) is 0 Å². The molecule has 4 bridgehead atoms. The van der Waals surface area contributed by atoms with Gasteiger partial charge in [-0.05, 0) is 37.5 Å². The lowest BCUT2D eigenvalue weighted by Crippen LogP contribution is -2.70. The highest BCUT2D eigenvalue weighted by atomic mass is 16.5. The van der Waals surface area contributed by atoms with Gasteiger partial charge in [0.15, 0.2) is 0 Å². The molecule has 4 aliphatic rings. The summed E-state index contributed by atoms with van der Waals surface area (Å²) in [4.78, 5) is 0. The molecule has 4 saturated carbocycles. The summed E-state index contributed by atoms with van der Waals surface area (Å²) >= 11 is 0. The van der Waals surface area contributed by atoms with Gasteiger partial charge in [0.25, 0.3) is 0 Å². The van der Waals surface area contributed by atoms with E-state index in [9.17, 15) is 0 Å². The van der Waals surface area contributed by atoms with Crippen molar-refractivity contribution in [3.8, 4) is 0 Å². The van der Waals surface area contributed by atoms with Crippen molar-refractivity contribution in [1.29, 1.82) is 0 Å². The molecule has 86 valence electrons. The van der Waals surface area contributed by atoms with Crippen LogP contribution in [-0.4, -0.2) is 32.0 Å². The molecule has 0 spiro atoms. The summed E-state index contributed by atoms with van der Waals surface area (Å²) in [5.74, 6) is 2.05. The fourth-order valence-corrected chi connectivity index (χ4v) is 4.73. The third kappa shape index (κ3) is 1.23. The van der Waals surface area contributed by atoms with Gasteiger partial charge in [-0.1, -0.05) is 0 Å². The maximum Gasteiger partial charge on any atom is 0.0803 e. The molecule has 15 heavy (non-hydrogen) atoms. The second-order valence-electron chi connectivity index (χ2n) is 5.76. The van der Waals surface area contributed by atoms with Gasteiger partial charge in [0.05, 0.1) is 12.2 Å². The molecular weight excluding hydrogens is 190 g/mol. The molecule has 0 aliphatic heterocycles. The summed E-state index contributed by atoms with van der Waals surface area (Å²) in [6.45, 7) is 0. The van der Waals surface area contributed by atoms with Gasteiger partial charge < -0.3 is 15.2 Å². The first kappa shape index (κ1) is 10.1. The third-order valence-corrected chi connectivity index (χ3v) is 4.92. The lowest BCUT2D eigenvalue weighted by Gasteiger charge is -2.61. The fourth-order valence-electron chi connectivity index (χ4n) is 4.73. The highest BCUT2D eigenvalue weighted by Gasteiger charge is 2.60. The van der Waals surface area contributed by atoms with E-state index in [-0.39, 0.29) is 11.6 Å². The maximum absolute atomic E-state index is 6.51. The molecule has 4 fully saturated rings.